The maximum Gasteiger partial charge on any atom is 0.0733 e. The molecule has 0 aliphatic rings. The van der Waals surface area contributed by atoms with Crippen molar-refractivity contribution in [3.63, 3.8) is 0 Å². The molecule has 0 saturated heterocycles. The van der Waals surface area contributed by atoms with Gasteiger partial charge in [0.2, 0.25) is 0 Å². The molecule has 0 aliphatic carbocycles. The molecule has 0 spiro atoms. The molecule has 0 radical (unpaired) electrons. The molecule has 3 nitrogen and oxygen atoms in total. The van der Waals surface area contributed by atoms with E-state index in [1.54, 1.807) is 12.4 Å². The lowest BCUT2D eigenvalue weighted by atomic mass is 9.98. The first-order chi connectivity index (χ1) is 9.25. The molecule has 1 aromatic carbocycles. The van der Waals surface area contributed by atoms with E-state index in [0.717, 1.165) is 22.0 Å². The van der Waals surface area contributed by atoms with Crippen LogP contribution in [0.4, 0.5) is 0 Å². The van der Waals surface area contributed by atoms with Gasteiger partial charge in [-0.25, -0.2) is 0 Å². The molecule has 3 aromatic rings. The van der Waals surface area contributed by atoms with Crippen LogP contribution >= 0.6 is 0 Å². The summed E-state index contributed by atoms with van der Waals surface area (Å²) in [6.07, 6.45) is 5.46. The summed E-state index contributed by atoms with van der Waals surface area (Å²) in [6.45, 7) is 2.04. The molecule has 0 bridgehead atoms. The van der Waals surface area contributed by atoms with E-state index in [9.17, 15) is 0 Å². The zero-order valence-corrected chi connectivity index (χ0v) is 10.7. The lowest BCUT2D eigenvalue weighted by molar-refractivity contribution is 0.833. The summed E-state index contributed by atoms with van der Waals surface area (Å²) >= 11 is 0. The zero-order chi connectivity index (χ0) is 13.2. The Balaban J connectivity index is 2.14. The van der Waals surface area contributed by atoms with Crippen LogP contribution in [0.2, 0.25) is 0 Å². The van der Waals surface area contributed by atoms with E-state index in [0.29, 0.717) is 0 Å². The zero-order valence-electron chi connectivity index (χ0n) is 10.7. The molecule has 0 saturated carbocycles. The van der Waals surface area contributed by atoms with Gasteiger partial charge < -0.3 is 5.73 Å². The standard InChI is InChI=1S/C16H15N3/c1-11-5-8-19-15(9-11)16(17)13-4-2-3-12-6-7-18-10-14(12)13/h2-10,16H,17H2,1H3. The third-order valence-corrected chi connectivity index (χ3v) is 3.31. The van der Waals surface area contributed by atoms with Gasteiger partial charge in [0.05, 0.1) is 11.7 Å². The van der Waals surface area contributed by atoms with Crippen LogP contribution in [0.3, 0.4) is 0 Å². The van der Waals surface area contributed by atoms with Crippen molar-refractivity contribution < 1.29 is 0 Å². The number of hydrogen-bond donors (Lipinski definition) is 1. The highest BCUT2D eigenvalue weighted by atomic mass is 14.8. The van der Waals surface area contributed by atoms with Crippen molar-refractivity contribution in [3.8, 4) is 0 Å². The fourth-order valence-electron chi connectivity index (χ4n) is 2.30. The number of nitrogens with two attached hydrogens (primary N) is 1. The monoisotopic (exact) mass is 249 g/mol. The molecular weight excluding hydrogens is 234 g/mol. The van der Waals surface area contributed by atoms with Crippen molar-refractivity contribution in [3.05, 3.63) is 71.8 Å². The maximum absolute atomic E-state index is 6.36. The van der Waals surface area contributed by atoms with Crippen LogP contribution < -0.4 is 5.73 Å². The molecule has 2 heterocycles. The summed E-state index contributed by atoms with van der Waals surface area (Å²) in [4.78, 5) is 8.57. The van der Waals surface area contributed by atoms with Gasteiger partial charge in [-0.15, -0.1) is 0 Å². The highest BCUT2D eigenvalue weighted by molar-refractivity contribution is 5.85. The molecule has 0 aliphatic heterocycles. The predicted molar refractivity (Wildman–Crippen MR) is 76.7 cm³/mol. The average Bonchev–Trinajstić information content (AvgIpc) is 2.46. The summed E-state index contributed by atoms with van der Waals surface area (Å²) < 4.78 is 0. The van der Waals surface area contributed by atoms with Crippen LogP contribution in [0.5, 0.6) is 0 Å². The quantitative estimate of drug-likeness (QED) is 0.759. The van der Waals surface area contributed by atoms with Crippen molar-refractivity contribution in [2.75, 3.05) is 0 Å². The third kappa shape index (κ3) is 2.20. The van der Waals surface area contributed by atoms with Crippen LogP contribution in [-0.4, -0.2) is 9.97 Å². The third-order valence-electron chi connectivity index (χ3n) is 3.31. The number of aromatic nitrogens is 2. The molecule has 3 rings (SSSR count). The van der Waals surface area contributed by atoms with Crippen LogP contribution in [0, 0.1) is 6.92 Å². The van der Waals surface area contributed by atoms with Gasteiger partial charge in [-0.2, -0.15) is 0 Å². The van der Waals surface area contributed by atoms with Gasteiger partial charge in [0.25, 0.3) is 0 Å². The van der Waals surface area contributed by atoms with E-state index in [4.69, 9.17) is 5.73 Å². The molecule has 2 aromatic heterocycles. The van der Waals surface area contributed by atoms with Gasteiger partial charge in [0.15, 0.2) is 0 Å². The van der Waals surface area contributed by atoms with Crippen LogP contribution in [0.1, 0.15) is 22.9 Å². The van der Waals surface area contributed by atoms with E-state index in [2.05, 4.69) is 16.0 Å². The van der Waals surface area contributed by atoms with Gasteiger partial charge in [0, 0.05) is 24.0 Å². The second kappa shape index (κ2) is 4.78. The van der Waals surface area contributed by atoms with Gasteiger partial charge in [-0.05, 0) is 41.6 Å². The van der Waals surface area contributed by atoms with Crippen LogP contribution in [-0.2, 0) is 0 Å². The maximum atomic E-state index is 6.36. The van der Waals surface area contributed by atoms with Gasteiger partial charge in [-0.3, -0.25) is 9.97 Å². The fraction of sp³-hybridized carbons (Fsp3) is 0.125. The molecule has 2 N–H and O–H groups in total. The van der Waals surface area contributed by atoms with Crippen molar-refractivity contribution in [2.24, 2.45) is 5.73 Å². The fourth-order valence-corrected chi connectivity index (χ4v) is 2.30. The van der Waals surface area contributed by atoms with Crippen molar-refractivity contribution in [2.45, 2.75) is 13.0 Å². The summed E-state index contributed by atoms with van der Waals surface area (Å²) in [5.41, 5.74) is 9.47. The Morgan fingerprint density at radius 3 is 2.84 bits per heavy atom. The van der Waals surface area contributed by atoms with E-state index in [1.165, 1.54) is 5.56 Å². The number of pyridine rings is 2. The number of hydrogen-bond acceptors (Lipinski definition) is 3. The SMILES string of the molecule is Cc1ccnc(C(N)c2cccc3ccncc23)c1. The number of fused-ring (bicyclic) bond motifs is 1. The normalized spacial score (nSPS) is 12.5. The molecule has 1 unspecified atom stereocenters. The molecule has 3 heteroatoms. The predicted octanol–water partition coefficient (Wildman–Crippen LogP) is 2.99. The Morgan fingerprint density at radius 1 is 1.11 bits per heavy atom. The minimum absolute atomic E-state index is 0.229. The van der Waals surface area contributed by atoms with Crippen molar-refractivity contribution in [1.29, 1.82) is 0 Å². The Labute approximate surface area is 112 Å². The first-order valence-corrected chi connectivity index (χ1v) is 6.26. The first-order valence-electron chi connectivity index (χ1n) is 6.26. The molecule has 94 valence electrons. The molecule has 0 amide bonds. The second-order valence-corrected chi connectivity index (χ2v) is 4.68. The van der Waals surface area contributed by atoms with Crippen molar-refractivity contribution >= 4 is 10.8 Å². The van der Waals surface area contributed by atoms with Gasteiger partial charge in [0.1, 0.15) is 0 Å². The molecule has 0 fully saturated rings. The van der Waals surface area contributed by atoms with Gasteiger partial charge >= 0.3 is 0 Å². The van der Waals surface area contributed by atoms with Crippen LogP contribution in [0.25, 0.3) is 10.8 Å². The number of rotatable bonds is 2. The number of benzene rings is 1. The Hall–Kier alpha value is -2.26. The number of nitrogens with zero attached hydrogens (tertiary/aromatic N) is 2. The van der Waals surface area contributed by atoms with E-state index in [-0.39, 0.29) is 6.04 Å². The highest BCUT2D eigenvalue weighted by Gasteiger charge is 2.13. The van der Waals surface area contributed by atoms with Gasteiger partial charge in [-0.1, -0.05) is 18.2 Å². The highest BCUT2D eigenvalue weighted by Crippen LogP contribution is 2.25. The lowest BCUT2D eigenvalue weighted by Crippen LogP contribution is -2.14. The first kappa shape index (κ1) is 11.8. The topological polar surface area (TPSA) is 51.8 Å². The summed E-state index contributed by atoms with van der Waals surface area (Å²) in [5.74, 6) is 0. The van der Waals surface area contributed by atoms with E-state index < -0.39 is 0 Å². The summed E-state index contributed by atoms with van der Waals surface area (Å²) in [5, 5.41) is 2.23. The summed E-state index contributed by atoms with van der Waals surface area (Å²) in [7, 11) is 0. The Kier molecular flexibility index (Phi) is 2.97. The van der Waals surface area contributed by atoms with E-state index >= 15 is 0 Å². The smallest absolute Gasteiger partial charge is 0.0733 e. The lowest BCUT2D eigenvalue weighted by Gasteiger charge is -2.14. The van der Waals surface area contributed by atoms with Crippen molar-refractivity contribution in [1.82, 2.24) is 9.97 Å². The largest absolute Gasteiger partial charge is 0.319 e. The van der Waals surface area contributed by atoms with E-state index in [1.807, 2.05) is 43.5 Å². The van der Waals surface area contributed by atoms with Crippen LogP contribution in [0.15, 0.2) is 55.0 Å². The Morgan fingerprint density at radius 2 is 2.00 bits per heavy atom. The Bertz CT molecular complexity index is 717. The second-order valence-electron chi connectivity index (χ2n) is 4.68. The average molecular weight is 249 g/mol. The molecule has 19 heavy (non-hydrogen) atoms. The molecular formula is C16H15N3. The summed E-state index contributed by atoms with van der Waals surface area (Å²) in [6, 6.07) is 11.9. The minimum atomic E-state index is -0.229. The number of aryl methyl sites for hydroxylation is 1. The molecule has 1 atom stereocenters. The minimum Gasteiger partial charge on any atom is -0.319 e.